The molecule has 1 aliphatic heterocycles. The maximum atomic E-state index is 12.7. The first-order valence-corrected chi connectivity index (χ1v) is 9.82. The van der Waals surface area contributed by atoms with E-state index in [9.17, 15) is 13.2 Å². The summed E-state index contributed by atoms with van der Waals surface area (Å²) in [6.07, 6.45) is 0. The van der Waals surface area contributed by atoms with Crippen LogP contribution in [-0.2, 0) is 43.8 Å². The summed E-state index contributed by atoms with van der Waals surface area (Å²) in [5, 5.41) is 3.27. The van der Waals surface area contributed by atoms with Gasteiger partial charge in [0.25, 0.3) is 0 Å². The van der Waals surface area contributed by atoms with E-state index in [2.05, 4.69) is 10.0 Å². The van der Waals surface area contributed by atoms with Gasteiger partial charge < -0.3 is 5.32 Å². The van der Waals surface area contributed by atoms with Crippen molar-refractivity contribution in [1.82, 2.24) is 19.2 Å². The zero-order chi connectivity index (χ0) is 18.5. The zero-order valence-corrected chi connectivity index (χ0v) is 16.7. The minimum Gasteiger partial charge on any atom is -0.309 e. The number of nitrogens with zero attached hydrogens (tertiary/aromatic N) is 2. The summed E-state index contributed by atoms with van der Waals surface area (Å²) in [7, 11) is -0.376. The zero-order valence-electron chi connectivity index (χ0n) is 15.0. The predicted octanol–water partition coefficient (Wildman–Crippen LogP) is 1.38. The van der Waals surface area contributed by atoms with Crippen LogP contribution in [0.5, 0.6) is 0 Å². The molecule has 0 aliphatic carbocycles. The second-order valence-electron chi connectivity index (χ2n) is 6.58. The Kier molecular flexibility index (Phi) is 5.18. The Hall–Kier alpha value is -2.13. The summed E-state index contributed by atoms with van der Waals surface area (Å²) >= 11 is 0. The molecule has 0 spiro atoms. The molecule has 0 saturated heterocycles. The van der Waals surface area contributed by atoms with Crippen LogP contribution in [0.25, 0.3) is 11.0 Å². The van der Waals surface area contributed by atoms with Crippen LogP contribution >= 0.6 is 12.4 Å². The molecule has 0 atom stereocenters. The van der Waals surface area contributed by atoms with E-state index in [1.165, 1.54) is 32.4 Å². The SMILES string of the molecule is Cl.Cn1c(=O)n(C)c2cc(S(=O)(=O)NCc3ccc4c(c3)CNC4)ccc21. The van der Waals surface area contributed by atoms with Crippen LogP contribution < -0.4 is 15.7 Å². The molecule has 0 amide bonds. The lowest BCUT2D eigenvalue weighted by Gasteiger charge is -2.09. The van der Waals surface area contributed by atoms with Crippen LogP contribution in [0.15, 0.2) is 46.1 Å². The number of halogens is 1. The molecule has 27 heavy (non-hydrogen) atoms. The average molecular weight is 409 g/mol. The number of nitrogens with one attached hydrogen (secondary N) is 2. The molecule has 2 heterocycles. The number of fused-ring (bicyclic) bond motifs is 2. The lowest BCUT2D eigenvalue weighted by molar-refractivity contribution is 0.581. The molecule has 2 aromatic carbocycles. The van der Waals surface area contributed by atoms with Crippen LogP contribution in [0, 0.1) is 0 Å². The van der Waals surface area contributed by atoms with Crippen LogP contribution in [0.1, 0.15) is 16.7 Å². The maximum absolute atomic E-state index is 12.7. The molecule has 1 aromatic heterocycles. The van der Waals surface area contributed by atoms with Gasteiger partial charge in [-0.15, -0.1) is 12.4 Å². The quantitative estimate of drug-likeness (QED) is 0.683. The fourth-order valence-electron chi connectivity index (χ4n) is 3.37. The molecule has 0 radical (unpaired) electrons. The summed E-state index contributed by atoms with van der Waals surface area (Å²) in [5.74, 6) is 0. The molecule has 9 heteroatoms. The van der Waals surface area contributed by atoms with E-state index in [1.54, 1.807) is 20.2 Å². The van der Waals surface area contributed by atoms with Crippen LogP contribution in [-0.4, -0.2) is 17.6 Å². The third-order valence-electron chi connectivity index (χ3n) is 4.92. The summed E-state index contributed by atoms with van der Waals surface area (Å²) in [4.78, 5) is 12.2. The Labute approximate surface area is 163 Å². The first-order chi connectivity index (χ1) is 12.4. The van der Waals surface area contributed by atoms with Gasteiger partial charge in [0.05, 0.1) is 15.9 Å². The Morgan fingerprint density at radius 2 is 1.70 bits per heavy atom. The fraction of sp³-hybridized carbons (Fsp3) is 0.278. The number of hydrogen-bond donors (Lipinski definition) is 2. The number of imidazole rings is 1. The van der Waals surface area contributed by atoms with Gasteiger partial charge >= 0.3 is 5.69 Å². The van der Waals surface area contributed by atoms with Crippen molar-refractivity contribution in [3.05, 3.63) is 63.6 Å². The first-order valence-electron chi connectivity index (χ1n) is 8.33. The molecular formula is C18H21ClN4O3S. The minimum atomic E-state index is -3.67. The third-order valence-corrected chi connectivity index (χ3v) is 6.32. The minimum absolute atomic E-state index is 0. The van der Waals surface area contributed by atoms with Crippen molar-refractivity contribution in [2.45, 2.75) is 24.5 Å². The van der Waals surface area contributed by atoms with Gasteiger partial charge in [0.1, 0.15) is 0 Å². The van der Waals surface area contributed by atoms with E-state index < -0.39 is 10.0 Å². The third kappa shape index (κ3) is 3.41. The van der Waals surface area contributed by atoms with Gasteiger partial charge in [-0.1, -0.05) is 18.2 Å². The lowest BCUT2D eigenvalue weighted by atomic mass is 10.1. The highest BCUT2D eigenvalue weighted by Crippen LogP contribution is 2.19. The van der Waals surface area contributed by atoms with Gasteiger partial charge in [0, 0.05) is 33.7 Å². The second kappa shape index (κ2) is 7.12. The van der Waals surface area contributed by atoms with Gasteiger partial charge in [-0.05, 0) is 34.9 Å². The number of sulfonamides is 1. The molecule has 0 unspecified atom stereocenters. The van der Waals surface area contributed by atoms with Crippen LogP contribution in [0.3, 0.4) is 0 Å². The monoisotopic (exact) mass is 408 g/mol. The molecule has 0 fully saturated rings. The van der Waals surface area contributed by atoms with E-state index in [0.29, 0.717) is 11.0 Å². The van der Waals surface area contributed by atoms with Crippen molar-refractivity contribution in [1.29, 1.82) is 0 Å². The summed E-state index contributed by atoms with van der Waals surface area (Å²) in [5.41, 5.74) is 4.49. The number of hydrogen-bond acceptors (Lipinski definition) is 4. The largest absolute Gasteiger partial charge is 0.328 e. The maximum Gasteiger partial charge on any atom is 0.328 e. The Balaban J connectivity index is 0.00000210. The van der Waals surface area contributed by atoms with Crippen LogP contribution in [0.2, 0.25) is 0 Å². The van der Waals surface area contributed by atoms with E-state index in [0.717, 1.165) is 18.7 Å². The van der Waals surface area contributed by atoms with Gasteiger partial charge in [0.15, 0.2) is 0 Å². The lowest BCUT2D eigenvalue weighted by Crippen LogP contribution is -2.23. The van der Waals surface area contributed by atoms with Crippen molar-refractivity contribution in [2.24, 2.45) is 14.1 Å². The highest BCUT2D eigenvalue weighted by molar-refractivity contribution is 7.89. The molecule has 144 valence electrons. The van der Waals surface area contributed by atoms with Gasteiger partial charge in [0.2, 0.25) is 10.0 Å². The Bertz CT molecular complexity index is 1180. The van der Waals surface area contributed by atoms with E-state index in [1.807, 2.05) is 18.2 Å². The van der Waals surface area contributed by atoms with Gasteiger partial charge in [-0.2, -0.15) is 0 Å². The van der Waals surface area contributed by atoms with Crippen molar-refractivity contribution >= 4 is 33.5 Å². The van der Waals surface area contributed by atoms with Crippen molar-refractivity contribution < 1.29 is 8.42 Å². The molecule has 3 aromatic rings. The topological polar surface area (TPSA) is 85.1 Å². The molecule has 0 bridgehead atoms. The van der Waals surface area contributed by atoms with Gasteiger partial charge in [-0.25, -0.2) is 17.9 Å². The summed E-state index contributed by atoms with van der Waals surface area (Å²) in [6, 6.07) is 10.7. The predicted molar refractivity (Wildman–Crippen MR) is 106 cm³/mol. The fourth-order valence-corrected chi connectivity index (χ4v) is 4.41. The van der Waals surface area contributed by atoms with Crippen molar-refractivity contribution in [2.75, 3.05) is 0 Å². The standard InChI is InChI=1S/C18H20N4O3S.ClH/c1-21-16-6-5-15(8-17(16)22(2)18(21)23)26(24,25)20-9-12-3-4-13-10-19-11-14(13)7-12;/h3-8,19-20H,9-11H2,1-2H3;1H. The summed E-state index contributed by atoms with van der Waals surface area (Å²) < 4.78 is 30.9. The Morgan fingerprint density at radius 1 is 1.00 bits per heavy atom. The number of benzene rings is 2. The Morgan fingerprint density at radius 3 is 2.48 bits per heavy atom. The molecule has 7 nitrogen and oxygen atoms in total. The molecule has 2 N–H and O–H groups in total. The normalized spacial score (nSPS) is 13.6. The second-order valence-corrected chi connectivity index (χ2v) is 8.35. The first kappa shape index (κ1) is 19.6. The number of aromatic nitrogens is 2. The van der Waals surface area contributed by atoms with E-state index in [4.69, 9.17) is 0 Å². The van der Waals surface area contributed by atoms with E-state index >= 15 is 0 Å². The molecular weight excluding hydrogens is 388 g/mol. The van der Waals surface area contributed by atoms with Crippen LogP contribution in [0.4, 0.5) is 0 Å². The van der Waals surface area contributed by atoms with Crippen molar-refractivity contribution in [3.63, 3.8) is 0 Å². The highest BCUT2D eigenvalue weighted by Gasteiger charge is 2.17. The summed E-state index contributed by atoms with van der Waals surface area (Å²) in [6.45, 7) is 1.90. The number of rotatable bonds is 4. The number of aryl methyl sites for hydroxylation is 2. The average Bonchev–Trinajstić information content (AvgIpc) is 3.19. The highest BCUT2D eigenvalue weighted by atomic mass is 35.5. The van der Waals surface area contributed by atoms with E-state index in [-0.39, 0.29) is 29.5 Å². The van der Waals surface area contributed by atoms with Gasteiger partial charge in [-0.3, -0.25) is 9.13 Å². The smallest absolute Gasteiger partial charge is 0.309 e. The molecule has 1 aliphatic rings. The molecule has 0 saturated carbocycles. The van der Waals surface area contributed by atoms with Crippen molar-refractivity contribution in [3.8, 4) is 0 Å². The molecule has 4 rings (SSSR count).